The van der Waals surface area contributed by atoms with Crippen LogP contribution in [0.4, 0.5) is 23.7 Å². The molecule has 1 unspecified atom stereocenters. The summed E-state index contributed by atoms with van der Waals surface area (Å²) in [7, 11) is 1.24. The van der Waals surface area contributed by atoms with E-state index in [0.29, 0.717) is 23.4 Å². The van der Waals surface area contributed by atoms with E-state index in [9.17, 15) is 22.8 Å². The van der Waals surface area contributed by atoms with Gasteiger partial charge < -0.3 is 14.8 Å². The van der Waals surface area contributed by atoms with E-state index >= 15 is 0 Å². The van der Waals surface area contributed by atoms with Crippen LogP contribution in [-0.2, 0) is 6.54 Å². The number of nitrogens with one attached hydrogen (secondary N) is 1. The van der Waals surface area contributed by atoms with Gasteiger partial charge in [0.1, 0.15) is 0 Å². The second kappa shape index (κ2) is 11.5. The van der Waals surface area contributed by atoms with Gasteiger partial charge in [-0.3, -0.25) is 9.59 Å². The number of methoxy groups -OCH3 is 1. The van der Waals surface area contributed by atoms with Crippen LogP contribution < -0.4 is 14.8 Å². The summed E-state index contributed by atoms with van der Waals surface area (Å²) >= 11 is 1.09. The molecule has 1 atom stereocenters. The minimum atomic E-state index is -4.87. The first-order chi connectivity index (χ1) is 18.2. The molecule has 0 bridgehead atoms. The molecule has 38 heavy (non-hydrogen) atoms. The smallest absolute Gasteiger partial charge is 0.493 e. The number of hydrogen-bond donors (Lipinski definition) is 1. The lowest BCUT2D eigenvalue weighted by Crippen LogP contribution is -2.34. The van der Waals surface area contributed by atoms with Gasteiger partial charge in [0, 0.05) is 23.6 Å². The number of halogens is 3. The molecule has 1 aliphatic rings. The molecule has 0 radical (unpaired) electrons. The van der Waals surface area contributed by atoms with Gasteiger partial charge >= 0.3 is 11.6 Å². The monoisotopic (exact) mass is 545 g/mol. The molecule has 198 valence electrons. The number of hydrogen-bond acceptors (Lipinski definition) is 8. The summed E-state index contributed by atoms with van der Waals surface area (Å²) < 4.78 is 47.3. The normalized spacial score (nSPS) is 15.6. The number of ether oxygens (including phenoxy) is 2. The SMILES string of the molecule is CCC1SC(=O)N(Cc2ccc(NC(=O)c3ncccn3)cc2)N=C1c1ccc(OC(F)(F)F)c(OC)c1. The molecule has 0 saturated carbocycles. The van der Waals surface area contributed by atoms with E-state index in [1.807, 2.05) is 6.92 Å². The first kappa shape index (κ1) is 26.9. The Kier molecular flexibility index (Phi) is 8.15. The third-order valence-corrected chi connectivity index (χ3v) is 6.61. The van der Waals surface area contributed by atoms with Gasteiger partial charge in [-0.15, -0.1) is 13.2 Å². The van der Waals surface area contributed by atoms with Crippen LogP contribution in [0.3, 0.4) is 0 Å². The second-order valence-corrected chi connectivity index (χ2v) is 9.11. The average Bonchev–Trinajstić information content (AvgIpc) is 2.90. The van der Waals surface area contributed by atoms with Crippen molar-refractivity contribution < 1.29 is 32.2 Å². The molecule has 0 saturated heterocycles. The van der Waals surface area contributed by atoms with Crippen LogP contribution in [0.15, 0.2) is 66.0 Å². The molecule has 3 aromatic rings. The molecule has 1 aromatic heterocycles. The molecule has 2 aromatic carbocycles. The molecular formula is C25H22F3N5O4S. The molecule has 0 fully saturated rings. The highest BCUT2D eigenvalue weighted by Crippen LogP contribution is 2.36. The largest absolute Gasteiger partial charge is 0.573 e. The van der Waals surface area contributed by atoms with Gasteiger partial charge in [-0.25, -0.2) is 15.0 Å². The molecule has 13 heteroatoms. The number of nitrogens with zero attached hydrogens (tertiary/aromatic N) is 4. The maximum absolute atomic E-state index is 12.8. The molecule has 2 amide bonds. The maximum Gasteiger partial charge on any atom is 0.573 e. The van der Waals surface area contributed by atoms with Gasteiger partial charge in [0.25, 0.3) is 5.91 Å². The lowest BCUT2D eigenvalue weighted by molar-refractivity contribution is -0.275. The van der Waals surface area contributed by atoms with Crippen LogP contribution in [0.2, 0.25) is 0 Å². The van der Waals surface area contributed by atoms with E-state index in [1.54, 1.807) is 30.3 Å². The number of amides is 2. The Morgan fingerprint density at radius 2 is 1.82 bits per heavy atom. The third kappa shape index (κ3) is 6.59. The number of alkyl halides is 3. The van der Waals surface area contributed by atoms with Crippen LogP contribution in [0, 0.1) is 0 Å². The molecule has 0 aliphatic carbocycles. The summed E-state index contributed by atoms with van der Waals surface area (Å²) in [4.78, 5) is 32.8. The summed E-state index contributed by atoms with van der Waals surface area (Å²) in [6.45, 7) is 2.04. The fraction of sp³-hybridized carbons (Fsp3) is 0.240. The van der Waals surface area contributed by atoms with Crippen molar-refractivity contribution in [1.29, 1.82) is 0 Å². The summed E-state index contributed by atoms with van der Waals surface area (Å²) in [5.41, 5.74) is 2.31. The van der Waals surface area contributed by atoms with Crippen molar-refractivity contribution in [2.75, 3.05) is 12.4 Å². The van der Waals surface area contributed by atoms with Gasteiger partial charge in [0.2, 0.25) is 5.82 Å². The van der Waals surface area contributed by atoms with Crippen molar-refractivity contribution in [1.82, 2.24) is 15.0 Å². The Hall–Kier alpha value is -4.13. The number of carbonyl (C=O) groups is 2. The van der Waals surface area contributed by atoms with Gasteiger partial charge in [0.15, 0.2) is 11.5 Å². The lowest BCUT2D eigenvalue weighted by Gasteiger charge is -2.28. The molecule has 9 nitrogen and oxygen atoms in total. The predicted octanol–water partition coefficient (Wildman–Crippen LogP) is 5.49. The van der Waals surface area contributed by atoms with E-state index in [4.69, 9.17) is 4.74 Å². The number of rotatable bonds is 8. The van der Waals surface area contributed by atoms with Crippen LogP contribution in [0.25, 0.3) is 0 Å². The van der Waals surface area contributed by atoms with Gasteiger partial charge in [-0.2, -0.15) is 5.10 Å². The van der Waals surface area contributed by atoms with Gasteiger partial charge in [0.05, 0.1) is 24.6 Å². The third-order valence-electron chi connectivity index (χ3n) is 5.36. The Morgan fingerprint density at radius 1 is 1.11 bits per heavy atom. The van der Waals surface area contributed by atoms with E-state index in [1.165, 1.54) is 36.6 Å². The van der Waals surface area contributed by atoms with Crippen LogP contribution >= 0.6 is 11.8 Å². The van der Waals surface area contributed by atoms with Crippen molar-refractivity contribution in [3.63, 3.8) is 0 Å². The number of benzene rings is 2. The van der Waals surface area contributed by atoms with E-state index < -0.39 is 18.0 Å². The number of carbonyl (C=O) groups excluding carboxylic acids is 2. The fourth-order valence-electron chi connectivity index (χ4n) is 3.60. The molecule has 2 heterocycles. The summed E-state index contributed by atoms with van der Waals surface area (Å²) in [6.07, 6.45) is -1.35. The topological polar surface area (TPSA) is 106 Å². The van der Waals surface area contributed by atoms with Crippen LogP contribution in [-0.4, -0.2) is 50.6 Å². The minimum Gasteiger partial charge on any atom is -0.493 e. The zero-order valence-corrected chi connectivity index (χ0v) is 21.0. The highest BCUT2D eigenvalue weighted by molar-refractivity contribution is 8.14. The zero-order valence-electron chi connectivity index (χ0n) is 20.2. The standard InChI is InChI=1S/C25H22F3N5O4S/c1-3-20-21(16-7-10-18(19(13-16)36-2)37-25(26,27)28)32-33(24(35)38-20)14-15-5-8-17(9-6-15)31-23(34)22-29-11-4-12-30-22/h4-13,20H,3,14H2,1-2H3,(H,31,34). The highest BCUT2D eigenvalue weighted by Gasteiger charge is 2.34. The van der Waals surface area contributed by atoms with E-state index in [0.717, 1.165) is 23.4 Å². The fourth-order valence-corrected chi connectivity index (χ4v) is 4.53. The average molecular weight is 546 g/mol. The molecule has 1 aliphatic heterocycles. The Labute approximate surface area is 220 Å². The Balaban J connectivity index is 1.53. The Bertz CT molecular complexity index is 1340. The minimum absolute atomic E-state index is 0.0366. The highest BCUT2D eigenvalue weighted by atomic mass is 32.2. The second-order valence-electron chi connectivity index (χ2n) is 7.96. The van der Waals surface area contributed by atoms with Crippen molar-refractivity contribution in [3.05, 3.63) is 77.9 Å². The van der Waals surface area contributed by atoms with Crippen molar-refractivity contribution >= 4 is 34.3 Å². The summed E-state index contributed by atoms with van der Waals surface area (Å²) in [5, 5.41) is 7.99. The number of aromatic nitrogens is 2. The van der Waals surface area contributed by atoms with Crippen molar-refractivity contribution in [2.24, 2.45) is 5.10 Å². The lowest BCUT2D eigenvalue weighted by atomic mass is 10.0. The molecular weight excluding hydrogens is 523 g/mol. The zero-order chi connectivity index (χ0) is 27.3. The number of anilines is 1. The van der Waals surface area contributed by atoms with Gasteiger partial charge in [-0.1, -0.05) is 30.8 Å². The van der Waals surface area contributed by atoms with Gasteiger partial charge in [-0.05, 0) is 48.4 Å². The number of hydrazone groups is 1. The Morgan fingerprint density at radius 3 is 2.45 bits per heavy atom. The predicted molar refractivity (Wildman–Crippen MR) is 135 cm³/mol. The maximum atomic E-state index is 12.8. The van der Waals surface area contributed by atoms with E-state index in [2.05, 4.69) is 25.1 Å². The molecule has 4 rings (SSSR count). The quantitative estimate of drug-likeness (QED) is 0.399. The van der Waals surface area contributed by atoms with Crippen LogP contribution in [0.1, 0.15) is 35.1 Å². The van der Waals surface area contributed by atoms with Crippen LogP contribution in [0.5, 0.6) is 11.5 Å². The number of thioether (sulfide) groups is 1. The first-order valence-electron chi connectivity index (χ1n) is 11.3. The first-order valence-corrected chi connectivity index (χ1v) is 12.2. The molecule has 0 spiro atoms. The van der Waals surface area contributed by atoms with E-state index in [-0.39, 0.29) is 28.6 Å². The van der Waals surface area contributed by atoms with Crippen molar-refractivity contribution in [3.8, 4) is 11.5 Å². The summed E-state index contributed by atoms with van der Waals surface area (Å²) in [5.74, 6) is -0.999. The summed E-state index contributed by atoms with van der Waals surface area (Å²) in [6, 6.07) is 12.5. The van der Waals surface area contributed by atoms with Crippen molar-refractivity contribution in [2.45, 2.75) is 31.5 Å². The molecule has 1 N–H and O–H groups in total.